The largest absolute Gasteiger partial charge is 0.481 e. The molecule has 1 fully saturated rings. The molecule has 0 saturated carbocycles. The Balaban J connectivity index is 2.02. The van der Waals surface area contributed by atoms with E-state index in [1.807, 2.05) is 6.92 Å². The predicted molar refractivity (Wildman–Crippen MR) is 68.0 cm³/mol. The number of carbonyl (C=O) groups excluding carboxylic acids is 1. The van der Waals surface area contributed by atoms with Crippen molar-refractivity contribution in [2.75, 3.05) is 13.1 Å². The Morgan fingerprint density at radius 1 is 1.55 bits per heavy atom. The van der Waals surface area contributed by atoms with E-state index in [0.717, 1.165) is 12.8 Å². The third kappa shape index (κ3) is 3.25. The van der Waals surface area contributed by atoms with E-state index < -0.39 is 5.97 Å². The minimum absolute atomic E-state index is 0.0493. The highest BCUT2D eigenvalue weighted by Gasteiger charge is 2.33. The second kappa shape index (κ2) is 6.36. The molecule has 1 aliphatic heterocycles. The summed E-state index contributed by atoms with van der Waals surface area (Å²) in [5, 5.41) is 15.2. The lowest BCUT2D eigenvalue weighted by Crippen LogP contribution is -2.39. The minimum Gasteiger partial charge on any atom is -0.481 e. The number of hydrogen-bond acceptors (Lipinski definition) is 5. The number of urea groups is 1. The normalized spacial score (nSPS) is 18.2. The van der Waals surface area contributed by atoms with Gasteiger partial charge in [0.2, 0.25) is 5.89 Å². The maximum atomic E-state index is 11.9. The van der Waals surface area contributed by atoms with Crippen LogP contribution in [0.2, 0.25) is 0 Å². The topological polar surface area (TPSA) is 109 Å². The molecule has 8 heteroatoms. The summed E-state index contributed by atoms with van der Waals surface area (Å²) in [6.45, 7) is 3.09. The molecule has 2 heterocycles. The van der Waals surface area contributed by atoms with Gasteiger partial charge >= 0.3 is 12.0 Å². The van der Waals surface area contributed by atoms with Crippen LogP contribution in [0.15, 0.2) is 4.52 Å². The standard InChI is InChI=1S/C12H18N4O4/c1-2-13-12(19)16-7-3-4-8(16)11-14-9(20-15-11)5-6-10(17)18/h8H,2-7H2,1H3,(H,13,19)(H,17,18)/t8-/m1/s1. The number of hydrogen-bond donors (Lipinski definition) is 2. The van der Waals surface area contributed by atoms with Gasteiger partial charge in [-0.25, -0.2) is 4.79 Å². The van der Waals surface area contributed by atoms with E-state index in [1.165, 1.54) is 0 Å². The monoisotopic (exact) mass is 282 g/mol. The highest BCUT2D eigenvalue weighted by atomic mass is 16.5. The molecule has 1 aromatic heterocycles. The van der Waals surface area contributed by atoms with Crippen molar-refractivity contribution in [3.8, 4) is 0 Å². The van der Waals surface area contributed by atoms with E-state index in [-0.39, 0.29) is 24.9 Å². The van der Waals surface area contributed by atoms with Gasteiger partial charge in [0.25, 0.3) is 0 Å². The van der Waals surface area contributed by atoms with E-state index in [0.29, 0.717) is 24.8 Å². The van der Waals surface area contributed by atoms with Crippen molar-refractivity contribution in [3.63, 3.8) is 0 Å². The Morgan fingerprint density at radius 2 is 2.35 bits per heavy atom. The molecule has 0 spiro atoms. The number of nitrogens with one attached hydrogen (secondary N) is 1. The molecule has 1 saturated heterocycles. The number of carboxylic acids is 1. The molecular formula is C12H18N4O4. The lowest BCUT2D eigenvalue weighted by molar-refractivity contribution is -0.137. The fourth-order valence-electron chi connectivity index (χ4n) is 2.25. The number of rotatable bonds is 5. The first-order chi connectivity index (χ1) is 9.61. The molecule has 2 rings (SSSR count). The Morgan fingerprint density at radius 3 is 3.05 bits per heavy atom. The van der Waals surface area contributed by atoms with Crippen LogP contribution in [0.4, 0.5) is 4.79 Å². The first-order valence-corrected chi connectivity index (χ1v) is 6.70. The van der Waals surface area contributed by atoms with Gasteiger partial charge in [-0.3, -0.25) is 4.79 Å². The lowest BCUT2D eigenvalue weighted by Gasteiger charge is -2.22. The third-order valence-corrected chi connectivity index (χ3v) is 3.18. The smallest absolute Gasteiger partial charge is 0.318 e. The quantitative estimate of drug-likeness (QED) is 0.832. The Labute approximate surface area is 116 Å². The van der Waals surface area contributed by atoms with Crippen molar-refractivity contribution in [1.29, 1.82) is 0 Å². The van der Waals surface area contributed by atoms with Crippen molar-refractivity contribution >= 4 is 12.0 Å². The van der Waals surface area contributed by atoms with Gasteiger partial charge in [-0.2, -0.15) is 4.98 Å². The molecule has 2 amide bonds. The molecule has 110 valence electrons. The Kier molecular flexibility index (Phi) is 4.54. The maximum absolute atomic E-state index is 11.9. The van der Waals surface area contributed by atoms with Crippen LogP contribution in [0, 0.1) is 0 Å². The summed E-state index contributed by atoms with van der Waals surface area (Å²) in [6.07, 6.45) is 1.83. The zero-order valence-electron chi connectivity index (χ0n) is 11.3. The van der Waals surface area contributed by atoms with Crippen LogP contribution in [0.1, 0.15) is 43.9 Å². The molecule has 0 bridgehead atoms. The molecule has 1 aliphatic rings. The van der Waals surface area contributed by atoms with Crippen LogP contribution in [0.3, 0.4) is 0 Å². The van der Waals surface area contributed by atoms with Crippen LogP contribution < -0.4 is 5.32 Å². The summed E-state index contributed by atoms with van der Waals surface area (Å²) < 4.78 is 5.03. The Bertz CT molecular complexity index is 488. The van der Waals surface area contributed by atoms with Crippen LogP contribution in [-0.2, 0) is 11.2 Å². The summed E-state index contributed by atoms with van der Waals surface area (Å²) in [6, 6.07) is -0.323. The van der Waals surface area contributed by atoms with E-state index in [2.05, 4.69) is 15.5 Å². The van der Waals surface area contributed by atoms with E-state index in [4.69, 9.17) is 9.63 Å². The summed E-state index contributed by atoms with van der Waals surface area (Å²) in [4.78, 5) is 28.3. The fraction of sp³-hybridized carbons (Fsp3) is 0.667. The van der Waals surface area contributed by atoms with Gasteiger partial charge in [0.05, 0.1) is 12.5 Å². The summed E-state index contributed by atoms with van der Waals surface area (Å²) in [5.74, 6) is -0.158. The number of carboxylic acid groups (broad SMARTS) is 1. The van der Waals surface area contributed by atoms with Crippen LogP contribution in [0.5, 0.6) is 0 Å². The van der Waals surface area contributed by atoms with Gasteiger partial charge < -0.3 is 19.8 Å². The number of aliphatic carboxylic acids is 1. The number of likely N-dealkylation sites (tertiary alicyclic amines) is 1. The minimum atomic E-state index is -0.908. The van der Waals surface area contributed by atoms with Crippen molar-refractivity contribution in [2.45, 2.75) is 38.6 Å². The first-order valence-electron chi connectivity index (χ1n) is 6.70. The van der Waals surface area contributed by atoms with Gasteiger partial charge in [0.1, 0.15) is 0 Å². The number of aromatic nitrogens is 2. The van der Waals surface area contributed by atoms with E-state index >= 15 is 0 Å². The first kappa shape index (κ1) is 14.3. The summed E-state index contributed by atoms with van der Waals surface area (Å²) in [5.41, 5.74) is 0. The van der Waals surface area contributed by atoms with Crippen molar-refractivity contribution < 1.29 is 19.2 Å². The molecule has 2 N–H and O–H groups in total. The van der Waals surface area contributed by atoms with Gasteiger partial charge in [0, 0.05) is 19.5 Å². The number of amides is 2. The molecule has 1 aromatic rings. The van der Waals surface area contributed by atoms with Crippen LogP contribution in [-0.4, -0.2) is 45.2 Å². The number of carbonyl (C=O) groups is 2. The van der Waals surface area contributed by atoms with Gasteiger partial charge in [-0.1, -0.05) is 5.16 Å². The SMILES string of the molecule is CCNC(=O)N1CCC[C@@H]1c1noc(CCC(=O)O)n1. The van der Waals surface area contributed by atoms with Gasteiger partial charge in [-0.05, 0) is 19.8 Å². The predicted octanol–water partition coefficient (Wildman–Crippen LogP) is 0.953. The van der Waals surface area contributed by atoms with E-state index in [9.17, 15) is 9.59 Å². The lowest BCUT2D eigenvalue weighted by atomic mass is 10.2. The fourth-order valence-corrected chi connectivity index (χ4v) is 2.25. The average molecular weight is 282 g/mol. The third-order valence-electron chi connectivity index (χ3n) is 3.18. The van der Waals surface area contributed by atoms with E-state index in [1.54, 1.807) is 4.90 Å². The zero-order chi connectivity index (χ0) is 14.5. The zero-order valence-corrected chi connectivity index (χ0v) is 11.3. The number of aryl methyl sites for hydroxylation is 1. The molecule has 1 atom stereocenters. The van der Waals surface area contributed by atoms with Crippen molar-refractivity contribution in [3.05, 3.63) is 11.7 Å². The Hall–Kier alpha value is -2.12. The molecular weight excluding hydrogens is 264 g/mol. The van der Waals surface area contributed by atoms with Crippen molar-refractivity contribution in [2.24, 2.45) is 0 Å². The van der Waals surface area contributed by atoms with Crippen LogP contribution in [0.25, 0.3) is 0 Å². The molecule has 8 nitrogen and oxygen atoms in total. The molecule has 0 aromatic carbocycles. The molecule has 0 unspecified atom stereocenters. The second-order valence-electron chi connectivity index (χ2n) is 4.63. The maximum Gasteiger partial charge on any atom is 0.318 e. The molecule has 0 radical (unpaired) electrons. The highest BCUT2D eigenvalue weighted by molar-refractivity contribution is 5.74. The highest BCUT2D eigenvalue weighted by Crippen LogP contribution is 2.30. The van der Waals surface area contributed by atoms with Gasteiger partial charge in [0.15, 0.2) is 5.82 Å². The summed E-state index contributed by atoms with van der Waals surface area (Å²) >= 11 is 0. The number of nitrogens with zero attached hydrogens (tertiary/aromatic N) is 3. The van der Waals surface area contributed by atoms with Crippen molar-refractivity contribution in [1.82, 2.24) is 20.4 Å². The molecule has 0 aliphatic carbocycles. The second-order valence-corrected chi connectivity index (χ2v) is 4.63. The van der Waals surface area contributed by atoms with Gasteiger partial charge in [-0.15, -0.1) is 0 Å². The molecule has 20 heavy (non-hydrogen) atoms. The average Bonchev–Trinajstić information content (AvgIpc) is 3.05. The summed E-state index contributed by atoms with van der Waals surface area (Å²) in [7, 11) is 0. The van der Waals surface area contributed by atoms with Crippen LogP contribution >= 0.6 is 0 Å².